The van der Waals surface area contributed by atoms with Gasteiger partial charge in [0.1, 0.15) is 11.9 Å². The Morgan fingerprint density at radius 3 is 3.10 bits per heavy atom. The van der Waals surface area contributed by atoms with Crippen molar-refractivity contribution in [3.8, 4) is 5.75 Å². The summed E-state index contributed by atoms with van der Waals surface area (Å²) in [6, 6.07) is 8.04. The largest absolute Gasteiger partial charge is 0.497 e. The molecule has 3 rings (SSSR count). The van der Waals surface area contributed by atoms with Gasteiger partial charge < -0.3 is 14.0 Å². The van der Waals surface area contributed by atoms with E-state index in [1.807, 2.05) is 24.4 Å². The van der Waals surface area contributed by atoms with Gasteiger partial charge >= 0.3 is 0 Å². The summed E-state index contributed by atoms with van der Waals surface area (Å²) in [6.07, 6.45) is 3.20. The lowest BCUT2D eigenvalue weighted by atomic mass is 10.2. The van der Waals surface area contributed by atoms with Gasteiger partial charge in [0.15, 0.2) is 0 Å². The molecule has 0 aliphatic carbocycles. The molecule has 2 unspecified atom stereocenters. The normalized spacial score (nSPS) is 21.6. The molecule has 21 heavy (non-hydrogen) atoms. The van der Waals surface area contributed by atoms with Crippen LogP contribution in [0.4, 0.5) is 0 Å². The predicted octanol–water partition coefficient (Wildman–Crippen LogP) is 1.19. The molecular weight excluding hydrogens is 270 g/mol. The molecule has 1 aliphatic rings. The topological polar surface area (TPSA) is 78.5 Å². The van der Waals surface area contributed by atoms with E-state index in [-0.39, 0.29) is 12.0 Å². The molecule has 6 heteroatoms. The Morgan fingerprint density at radius 2 is 2.33 bits per heavy atom. The highest BCUT2D eigenvalue weighted by atomic mass is 16.5. The van der Waals surface area contributed by atoms with Crippen molar-refractivity contribution in [3.05, 3.63) is 30.5 Å². The minimum atomic E-state index is -0.429. The highest BCUT2D eigenvalue weighted by molar-refractivity contribution is 5.82. The molecule has 1 saturated heterocycles. The Labute approximate surface area is 122 Å². The van der Waals surface area contributed by atoms with Gasteiger partial charge in [-0.2, -0.15) is 0 Å². The van der Waals surface area contributed by atoms with E-state index in [0.717, 1.165) is 29.6 Å². The first kappa shape index (κ1) is 13.9. The quantitative estimate of drug-likeness (QED) is 0.503. The lowest BCUT2D eigenvalue weighted by Gasteiger charge is -2.14. The van der Waals surface area contributed by atoms with E-state index >= 15 is 0 Å². The van der Waals surface area contributed by atoms with Crippen LogP contribution in [0.15, 0.2) is 30.5 Å². The first-order valence-corrected chi connectivity index (χ1v) is 7.00. The summed E-state index contributed by atoms with van der Waals surface area (Å²) in [4.78, 5) is 11.5. The minimum Gasteiger partial charge on any atom is -0.497 e. The Bertz CT molecular complexity index is 653. The fourth-order valence-corrected chi connectivity index (χ4v) is 2.81. The molecule has 112 valence electrons. The van der Waals surface area contributed by atoms with Gasteiger partial charge in [-0.3, -0.25) is 10.2 Å². The first-order valence-electron chi connectivity index (χ1n) is 7.00. The number of rotatable bonds is 4. The van der Waals surface area contributed by atoms with E-state index in [1.54, 1.807) is 7.11 Å². The zero-order valence-corrected chi connectivity index (χ0v) is 11.9. The van der Waals surface area contributed by atoms with Gasteiger partial charge in [-0.1, -0.05) is 0 Å². The number of carbonyl (C=O) groups is 1. The number of hydrogen-bond donors (Lipinski definition) is 2. The molecule has 0 spiro atoms. The number of hydrazine groups is 1. The zero-order chi connectivity index (χ0) is 14.8. The summed E-state index contributed by atoms with van der Waals surface area (Å²) in [7, 11) is 1.66. The fraction of sp³-hybridized carbons (Fsp3) is 0.400. The SMILES string of the molecule is COc1ccc2c(ccn2CC2CCC(C(=O)NN)O2)c1. The average molecular weight is 289 g/mol. The average Bonchev–Trinajstić information content (AvgIpc) is 3.14. The van der Waals surface area contributed by atoms with Crippen LogP contribution in [0, 0.1) is 0 Å². The maximum absolute atomic E-state index is 11.5. The number of aromatic nitrogens is 1. The van der Waals surface area contributed by atoms with Gasteiger partial charge in [-0.25, -0.2) is 5.84 Å². The molecule has 1 aliphatic heterocycles. The Balaban J connectivity index is 1.73. The van der Waals surface area contributed by atoms with Crippen LogP contribution in [0.1, 0.15) is 12.8 Å². The first-order chi connectivity index (χ1) is 10.2. The van der Waals surface area contributed by atoms with Crippen LogP contribution in [-0.2, 0) is 16.1 Å². The fourth-order valence-electron chi connectivity index (χ4n) is 2.81. The van der Waals surface area contributed by atoms with Gasteiger partial charge in [0, 0.05) is 23.6 Å². The molecule has 0 radical (unpaired) electrons. The molecule has 3 N–H and O–H groups in total. The summed E-state index contributed by atoms with van der Waals surface area (Å²) in [5.74, 6) is 5.73. The number of hydrogen-bond acceptors (Lipinski definition) is 4. The Morgan fingerprint density at radius 1 is 1.48 bits per heavy atom. The van der Waals surface area contributed by atoms with Crippen molar-refractivity contribution in [1.82, 2.24) is 9.99 Å². The van der Waals surface area contributed by atoms with Gasteiger partial charge in [-0.15, -0.1) is 0 Å². The second-order valence-electron chi connectivity index (χ2n) is 5.23. The molecule has 0 saturated carbocycles. The van der Waals surface area contributed by atoms with Crippen LogP contribution in [0.5, 0.6) is 5.75 Å². The van der Waals surface area contributed by atoms with Crippen molar-refractivity contribution in [2.24, 2.45) is 5.84 Å². The third-order valence-electron chi connectivity index (χ3n) is 3.92. The third-order valence-corrected chi connectivity index (χ3v) is 3.92. The standard InChI is InChI=1S/C15H19N3O3/c1-20-11-2-4-13-10(8-11)6-7-18(13)9-12-3-5-14(21-12)15(19)17-16/h2,4,6-8,12,14H,3,5,9,16H2,1H3,(H,17,19). The Hall–Kier alpha value is -2.05. The number of amides is 1. The summed E-state index contributed by atoms with van der Waals surface area (Å²) >= 11 is 0. The number of benzene rings is 1. The van der Waals surface area contributed by atoms with Crippen LogP contribution in [0.3, 0.4) is 0 Å². The van der Waals surface area contributed by atoms with Crippen LogP contribution >= 0.6 is 0 Å². The van der Waals surface area contributed by atoms with Crippen molar-refractivity contribution < 1.29 is 14.3 Å². The van der Waals surface area contributed by atoms with E-state index in [1.165, 1.54) is 0 Å². The van der Waals surface area contributed by atoms with Crippen LogP contribution < -0.4 is 16.0 Å². The molecule has 2 aromatic rings. The van der Waals surface area contributed by atoms with E-state index in [4.69, 9.17) is 15.3 Å². The third kappa shape index (κ3) is 2.72. The summed E-state index contributed by atoms with van der Waals surface area (Å²) < 4.78 is 13.1. The summed E-state index contributed by atoms with van der Waals surface area (Å²) in [6.45, 7) is 0.726. The van der Waals surface area contributed by atoms with Crippen molar-refractivity contribution in [2.45, 2.75) is 31.6 Å². The Kier molecular flexibility index (Phi) is 3.81. The smallest absolute Gasteiger partial charge is 0.263 e. The molecular formula is C15H19N3O3. The molecule has 1 aromatic heterocycles. The number of ether oxygens (including phenoxy) is 2. The van der Waals surface area contributed by atoms with Crippen LogP contribution in [0.25, 0.3) is 10.9 Å². The van der Waals surface area contributed by atoms with E-state index in [0.29, 0.717) is 6.42 Å². The molecule has 6 nitrogen and oxygen atoms in total. The maximum atomic E-state index is 11.5. The summed E-state index contributed by atoms with van der Waals surface area (Å²) in [5, 5.41) is 1.13. The lowest BCUT2D eigenvalue weighted by Crippen LogP contribution is -2.39. The zero-order valence-electron chi connectivity index (χ0n) is 11.9. The molecule has 2 atom stereocenters. The molecule has 1 aromatic carbocycles. The molecule has 1 fully saturated rings. The van der Waals surface area contributed by atoms with Crippen molar-refractivity contribution in [3.63, 3.8) is 0 Å². The van der Waals surface area contributed by atoms with E-state index in [2.05, 4.69) is 16.1 Å². The number of nitrogens with two attached hydrogens (primary N) is 1. The second-order valence-corrected chi connectivity index (χ2v) is 5.23. The highest BCUT2D eigenvalue weighted by Gasteiger charge is 2.30. The van der Waals surface area contributed by atoms with Crippen LogP contribution in [-0.4, -0.2) is 29.8 Å². The monoisotopic (exact) mass is 289 g/mol. The lowest BCUT2D eigenvalue weighted by molar-refractivity contribution is -0.132. The predicted molar refractivity (Wildman–Crippen MR) is 78.7 cm³/mol. The number of carbonyl (C=O) groups excluding carboxylic acids is 1. The maximum Gasteiger partial charge on any atom is 0.263 e. The number of nitrogens with one attached hydrogen (secondary N) is 1. The number of fused-ring (bicyclic) bond motifs is 1. The van der Waals surface area contributed by atoms with Gasteiger partial charge in [0.25, 0.3) is 5.91 Å². The van der Waals surface area contributed by atoms with Gasteiger partial charge in [0.2, 0.25) is 0 Å². The highest BCUT2D eigenvalue weighted by Crippen LogP contribution is 2.25. The van der Waals surface area contributed by atoms with E-state index in [9.17, 15) is 4.79 Å². The second kappa shape index (κ2) is 5.75. The molecule has 1 amide bonds. The minimum absolute atomic E-state index is 0.0324. The van der Waals surface area contributed by atoms with Crippen LogP contribution in [0.2, 0.25) is 0 Å². The molecule has 0 bridgehead atoms. The number of nitrogens with zero attached hydrogens (tertiary/aromatic N) is 1. The van der Waals surface area contributed by atoms with Crippen molar-refractivity contribution in [2.75, 3.05) is 7.11 Å². The summed E-state index contributed by atoms with van der Waals surface area (Å²) in [5.41, 5.74) is 3.27. The van der Waals surface area contributed by atoms with Gasteiger partial charge in [0.05, 0.1) is 13.2 Å². The van der Waals surface area contributed by atoms with Crippen molar-refractivity contribution in [1.29, 1.82) is 0 Å². The van der Waals surface area contributed by atoms with Gasteiger partial charge in [-0.05, 0) is 37.1 Å². The van der Waals surface area contributed by atoms with Crippen molar-refractivity contribution >= 4 is 16.8 Å². The number of methoxy groups -OCH3 is 1. The molecule has 2 heterocycles. The van der Waals surface area contributed by atoms with E-state index < -0.39 is 6.10 Å².